The number of benzene rings is 1. The van der Waals surface area contributed by atoms with Gasteiger partial charge in [-0.2, -0.15) is 0 Å². The monoisotopic (exact) mass is 531 g/mol. The maximum atomic E-state index is 12.6. The third-order valence-corrected chi connectivity index (χ3v) is 6.75. The van der Waals surface area contributed by atoms with E-state index >= 15 is 0 Å². The molecule has 2 atom stereocenters. The van der Waals surface area contributed by atoms with Crippen LogP contribution in [-0.2, 0) is 14.4 Å². The van der Waals surface area contributed by atoms with Crippen LogP contribution in [-0.4, -0.2) is 43.0 Å². The number of carbonyl (C=O) groups excluding carboxylic acids is 3. The van der Waals surface area contributed by atoms with Crippen LogP contribution in [0.2, 0.25) is 25.1 Å². The second-order valence-corrected chi connectivity index (χ2v) is 9.32. The van der Waals surface area contributed by atoms with Crippen LogP contribution in [0.3, 0.4) is 0 Å². The van der Waals surface area contributed by atoms with Crippen molar-refractivity contribution in [2.24, 2.45) is 5.92 Å². The van der Waals surface area contributed by atoms with Crippen molar-refractivity contribution in [3.05, 3.63) is 25.1 Å². The molecule has 0 saturated carbocycles. The van der Waals surface area contributed by atoms with Crippen LogP contribution in [0.5, 0.6) is 5.75 Å². The van der Waals surface area contributed by atoms with Crippen molar-refractivity contribution in [1.29, 1.82) is 0 Å². The summed E-state index contributed by atoms with van der Waals surface area (Å²) >= 11 is 29.9. The molecule has 1 saturated heterocycles. The molecule has 0 aliphatic carbocycles. The van der Waals surface area contributed by atoms with Crippen LogP contribution in [0.1, 0.15) is 33.1 Å². The lowest BCUT2D eigenvalue weighted by molar-refractivity contribution is -0.136. The highest BCUT2D eigenvalue weighted by Crippen LogP contribution is 2.48. The quantitative estimate of drug-likeness (QED) is 0.201. The van der Waals surface area contributed by atoms with Crippen LogP contribution < -0.4 is 20.7 Å². The Hall–Kier alpha value is -0.960. The Bertz CT molecular complexity index is 830. The summed E-state index contributed by atoms with van der Waals surface area (Å²) < 4.78 is 5.12. The normalized spacial score (nSPS) is 16.8. The lowest BCUT2D eigenvalue weighted by atomic mass is 10.0. The Morgan fingerprint density at radius 1 is 1.03 bits per heavy atom. The van der Waals surface area contributed by atoms with E-state index in [9.17, 15) is 14.4 Å². The van der Waals surface area contributed by atoms with E-state index in [1.165, 1.54) is 0 Å². The molecule has 1 heterocycles. The molecule has 12 heteroatoms. The fraction of sp³-hybridized carbons (Fsp3) is 0.526. The Balaban J connectivity index is 2.00. The van der Waals surface area contributed by atoms with Crippen molar-refractivity contribution in [2.45, 2.75) is 45.2 Å². The number of rotatable bonds is 8. The van der Waals surface area contributed by atoms with Crippen molar-refractivity contribution >= 4 is 75.8 Å². The maximum absolute atomic E-state index is 12.6. The first-order valence-electron chi connectivity index (χ1n) is 9.56. The first-order chi connectivity index (χ1) is 14.5. The van der Waals surface area contributed by atoms with E-state index < -0.39 is 24.5 Å². The van der Waals surface area contributed by atoms with Gasteiger partial charge in [0, 0.05) is 0 Å². The van der Waals surface area contributed by atoms with Crippen molar-refractivity contribution in [1.82, 2.24) is 16.0 Å². The number of hydrogen-bond donors (Lipinski definition) is 3. The summed E-state index contributed by atoms with van der Waals surface area (Å²) in [6.07, 6.45) is 2.01. The van der Waals surface area contributed by atoms with Crippen LogP contribution in [0.25, 0.3) is 0 Å². The van der Waals surface area contributed by atoms with Gasteiger partial charge in [0.05, 0.1) is 21.1 Å². The molecule has 1 aliphatic heterocycles. The minimum Gasteiger partial charge on any atom is -0.422 e. The van der Waals surface area contributed by atoms with Gasteiger partial charge in [0.15, 0.2) is 5.75 Å². The van der Waals surface area contributed by atoms with Crippen LogP contribution in [0.15, 0.2) is 0 Å². The van der Waals surface area contributed by atoms with E-state index in [1.54, 1.807) is 0 Å². The largest absolute Gasteiger partial charge is 0.422 e. The summed E-state index contributed by atoms with van der Waals surface area (Å²) in [5.41, 5.74) is 0. The molecule has 31 heavy (non-hydrogen) atoms. The fourth-order valence-corrected chi connectivity index (χ4v) is 4.19. The summed E-state index contributed by atoms with van der Waals surface area (Å²) in [6.45, 7) is 4.11. The van der Waals surface area contributed by atoms with E-state index in [4.69, 9.17) is 62.7 Å². The van der Waals surface area contributed by atoms with Gasteiger partial charge in [-0.1, -0.05) is 71.9 Å². The summed E-state index contributed by atoms with van der Waals surface area (Å²) in [5.74, 6) is -1.75. The molecule has 1 aliphatic rings. The minimum absolute atomic E-state index is 0.0737. The van der Waals surface area contributed by atoms with Gasteiger partial charge < -0.3 is 20.7 Å². The van der Waals surface area contributed by atoms with E-state index in [0.717, 1.165) is 13.0 Å². The minimum atomic E-state index is -0.862. The summed E-state index contributed by atoms with van der Waals surface area (Å²) in [7, 11) is 0. The molecular weight excluding hydrogens is 511 g/mol. The van der Waals surface area contributed by atoms with Crippen LogP contribution >= 0.6 is 58.0 Å². The van der Waals surface area contributed by atoms with Gasteiger partial charge in [0.2, 0.25) is 11.8 Å². The van der Waals surface area contributed by atoms with E-state index in [0.29, 0.717) is 12.8 Å². The average Bonchev–Trinajstić information content (AvgIpc) is 3.26. The van der Waals surface area contributed by atoms with Gasteiger partial charge in [-0.05, 0) is 31.7 Å². The molecule has 2 amide bonds. The number of hydrogen-bond acceptors (Lipinski definition) is 5. The predicted octanol–water partition coefficient (Wildman–Crippen LogP) is 4.26. The third-order valence-electron chi connectivity index (χ3n) is 4.51. The van der Waals surface area contributed by atoms with Gasteiger partial charge in [0.1, 0.15) is 22.6 Å². The van der Waals surface area contributed by atoms with Crippen molar-refractivity contribution in [3.8, 4) is 5.75 Å². The SMILES string of the molecule is CC(C)CC(NC(=O)C1CCCN1)C(=O)NCC(=O)Oc1c(Cl)c(Cl)c(Cl)c(Cl)c1Cl. The molecule has 0 spiro atoms. The van der Waals surface area contributed by atoms with Crippen molar-refractivity contribution in [2.75, 3.05) is 13.1 Å². The number of ether oxygens (including phenoxy) is 1. The summed E-state index contributed by atoms with van der Waals surface area (Å²) in [5, 5.41) is 7.60. The van der Waals surface area contributed by atoms with Gasteiger partial charge in [-0.15, -0.1) is 0 Å². The molecule has 172 valence electrons. The lowest BCUT2D eigenvalue weighted by Gasteiger charge is -2.22. The Morgan fingerprint density at radius 2 is 1.61 bits per heavy atom. The molecule has 1 fully saturated rings. The van der Waals surface area contributed by atoms with Gasteiger partial charge in [-0.3, -0.25) is 9.59 Å². The van der Waals surface area contributed by atoms with Gasteiger partial charge in [0.25, 0.3) is 0 Å². The van der Waals surface area contributed by atoms with Gasteiger partial charge in [-0.25, -0.2) is 4.79 Å². The Kier molecular flexibility index (Phi) is 9.98. The first-order valence-corrected chi connectivity index (χ1v) is 11.5. The molecule has 2 rings (SSSR count). The third kappa shape index (κ3) is 7.01. The Morgan fingerprint density at radius 3 is 2.13 bits per heavy atom. The van der Waals surface area contributed by atoms with E-state index in [1.807, 2.05) is 13.8 Å². The molecule has 0 bridgehead atoms. The number of halogens is 5. The lowest BCUT2D eigenvalue weighted by Crippen LogP contribution is -2.52. The molecule has 3 N–H and O–H groups in total. The molecule has 7 nitrogen and oxygen atoms in total. The predicted molar refractivity (Wildman–Crippen MR) is 123 cm³/mol. The number of carbonyl (C=O) groups is 3. The first kappa shape index (κ1) is 26.3. The van der Waals surface area contributed by atoms with Crippen molar-refractivity contribution < 1.29 is 19.1 Å². The zero-order valence-electron chi connectivity index (χ0n) is 16.8. The number of esters is 1. The standard InChI is InChI=1S/C19H22Cl5N3O4/c1-8(2)6-10(27-19(30)9-4-3-5-25-9)18(29)26-7-11(28)31-17-15(23)13(21)12(20)14(22)16(17)24/h8-10,25H,3-7H2,1-2H3,(H,26,29)(H,27,30). The van der Waals surface area contributed by atoms with E-state index in [-0.39, 0.29) is 48.7 Å². The molecule has 1 aromatic rings. The maximum Gasteiger partial charge on any atom is 0.330 e. The fourth-order valence-electron chi connectivity index (χ4n) is 2.99. The zero-order valence-corrected chi connectivity index (χ0v) is 20.6. The molecular formula is C19H22Cl5N3O4. The second-order valence-electron chi connectivity index (χ2n) is 7.43. The van der Waals surface area contributed by atoms with Gasteiger partial charge >= 0.3 is 5.97 Å². The van der Waals surface area contributed by atoms with Crippen LogP contribution in [0.4, 0.5) is 0 Å². The highest BCUT2D eigenvalue weighted by atomic mass is 35.5. The average molecular weight is 534 g/mol. The van der Waals surface area contributed by atoms with E-state index in [2.05, 4.69) is 16.0 Å². The summed E-state index contributed by atoms with van der Waals surface area (Å²) in [4.78, 5) is 37.2. The van der Waals surface area contributed by atoms with Crippen molar-refractivity contribution in [3.63, 3.8) is 0 Å². The Labute approximate surface area is 205 Å². The number of amides is 2. The molecule has 1 aromatic carbocycles. The zero-order chi connectivity index (χ0) is 23.3. The summed E-state index contributed by atoms with van der Waals surface area (Å²) in [6, 6.07) is -1.12. The van der Waals surface area contributed by atoms with Crippen LogP contribution in [0, 0.1) is 5.92 Å². The highest BCUT2D eigenvalue weighted by Gasteiger charge is 2.28. The number of nitrogens with one attached hydrogen (secondary N) is 3. The molecule has 0 aromatic heterocycles. The second kappa shape index (κ2) is 11.8. The topological polar surface area (TPSA) is 96.5 Å². The molecule has 2 unspecified atom stereocenters. The smallest absolute Gasteiger partial charge is 0.330 e. The molecule has 0 radical (unpaired) electrons. The highest BCUT2D eigenvalue weighted by molar-refractivity contribution is 6.55.